The Balaban J connectivity index is 1.59. The standard InChI is InChI=1S/C23H26N2O2/c26-22(24-19-13-6-1-2-7-14-19)21-16-18-12-8-9-15-20(18)25(21)23(27)17-10-4-3-5-11-17/h3-5,8-12,15,19,21H,1-2,6-7,13-14,16H2,(H,24,26). The molecule has 0 bridgehead atoms. The molecule has 1 unspecified atom stereocenters. The fourth-order valence-corrected chi connectivity index (χ4v) is 4.29. The summed E-state index contributed by atoms with van der Waals surface area (Å²) in [5, 5.41) is 3.24. The highest BCUT2D eigenvalue weighted by Crippen LogP contribution is 2.33. The van der Waals surface area contributed by atoms with Gasteiger partial charge in [0.05, 0.1) is 0 Å². The number of benzene rings is 2. The monoisotopic (exact) mass is 362 g/mol. The molecule has 2 amide bonds. The average Bonchev–Trinajstić information content (AvgIpc) is 2.91. The van der Waals surface area contributed by atoms with Crippen LogP contribution in [-0.2, 0) is 11.2 Å². The lowest BCUT2D eigenvalue weighted by Gasteiger charge is -2.27. The van der Waals surface area contributed by atoms with E-state index in [0.717, 1.165) is 24.1 Å². The molecule has 0 spiro atoms. The van der Waals surface area contributed by atoms with E-state index < -0.39 is 6.04 Å². The quantitative estimate of drug-likeness (QED) is 0.836. The van der Waals surface area contributed by atoms with Gasteiger partial charge >= 0.3 is 0 Å². The molecule has 4 heteroatoms. The number of carbonyl (C=O) groups is 2. The van der Waals surface area contributed by atoms with Crippen LogP contribution in [0, 0.1) is 0 Å². The Morgan fingerprint density at radius 1 is 0.852 bits per heavy atom. The first kappa shape index (κ1) is 17.8. The van der Waals surface area contributed by atoms with E-state index in [9.17, 15) is 9.59 Å². The predicted molar refractivity (Wildman–Crippen MR) is 107 cm³/mol. The molecule has 4 rings (SSSR count). The molecule has 1 saturated carbocycles. The first-order valence-electron chi connectivity index (χ1n) is 10.0. The zero-order chi connectivity index (χ0) is 18.6. The molecule has 0 radical (unpaired) electrons. The lowest BCUT2D eigenvalue weighted by atomic mass is 10.1. The molecule has 2 aliphatic rings. The summed E-state index contributed by atoms with van der Waals surface area (Å²) in [6, 6.07) is 16.8. The van der Waals surface area contributed by atoms with Crippen LogP contribution in [0.4, 0.5) is 5.69 Å². The van der Waals surface area contributed by atoms with Gasteiger partial charge in [0.15, 0.2) is 0 Å². The van der Waals surface area contributed by atoms with Gasteiger partial charge in [0, 0.05) is 23.7 Å². The molecule has 1 fully saturated rings. The molecule has 140 valence electrons. The Morgan fingerprint density at radius 3 is 2.26 bits per heavy atom. The average molecular weight is 362 g/mol. The fourth-order valence-electron chi connectivity index (χ4n) is 4.29. The van der Waals surface area contributed by atoms with E-state index in [-0.39, 0.29) is 17.9 Å². The van der Waals surface area contributed by atoms with Crippen LogP contribution < -0.4 is 10.2 Å². The molecule has 2 aromatic carbocycles. The highest BCUT2D eigenvalue weighted by Gasteiger charge is 2.39. The van der Waals surface area contributed by atoms with Crippen molar-refractivity contribution in [3.05, 3.63) is 65.7 Å². The summed E-state index contributed by atoms with van der Waals surface area (Å²) < 4.78 is 0. The molecule has 1 aliphatic heterocycles. The van der Waals surface area contributed by atoms with Crippen LogP contribution in [0.1, 0.15) is 54.4 Å². The summed E-state index contributed by atoms with van der Waals surface area (Å²) in [7, 11) is 0. The third-order valence-corrected chi connectivity index (χ3v) is 5.72. The summed E-state index contributed by atoms with van der Waals surface area (Å²) in [4.78, 5) is 28.0. The van der Waals surface area contributed by atoms with Gasteiger partial charge in [-0.1, -0.05) is 62.1 Å². The number of anilines is 1. The summed E-state index contributed by atoms with van der Waals surface area (Å²) in [6.07, 6.45) is 7.49. The van der Waals surface area contributed by atoms with Crippen LogP contribution in [-0.4, -0.2) is 23.9 Å². The maximum Gasteiger partial charge on any atom is 0.259 e. The molecule has 2 aromatic rings. The SMILES string of the molecule is O=C(NC1CCCCCC1)C1Cc2ccccc2N1C(=O)c1ccccc1. The van der Waals surface area contributed by atoms with Crippen LogP contribution in [0.3, 0.4) is 0 Å². The van der Waals surface area contributed by atoms with Gasteiger partial charge in [-0.15, -0.1) is 0 Å². The molecular formula is C23H26N2O2. The number of fused-ring (bicyclic) bond motifs is 1. The van der Waals surface area contributed by atoms with Gasteiger partial charge in [0.1, 0.15) is 6.04 Å². The zero-order valence-electron chi connectivity index (χ0n) is 15.6. The van der Waals surface area contributed by atoms with Crippen LogP contribution in [0.15, 0.2) is 54.6 Å². The maximum atomic E-state index is 13.2. The number of nitrogens with zero attached hydrogens (tertiary/aromatic N) is 1. The normalized spacial score (nSPS) is 20.0. The van der Waals surface area contributed by atoms with Crippen molar-refractivity contribution in [2.45, 2.75) is 57.0 Å². The first-order valence-corrected chi connectivity index (χ1v) is 10.0. The van der Waals surface area contributed by atoms with Gasteiger partial charge < -0.3 is 5.32 Å². The molecule has 0 aromatic heterocycles. The van der Waals surface area contributed by atoms with E-state index in [1.54, 1.807) is 4.90 Å². The van der Waals surface area contributed by atoms with E-state index >= 15 is 0 Å². The molecule has 27 heavy (non-hydrogen) atoms. The van der Waals surface area contributed by atoms with Crippen molar-refractivity contribution in [2.75, 3.05) is 4.90 Å². The molecule has 0 saturated heterocycles. The second-order valence-electron chi connectivity index (χ2n) is 7.59. The molecule has 1 atom stereocenters. The Labute approximate surface area is 160 Å². The smallest absolute Gasteiger partial charge is 0.259 e. The first-order chi connectivity index (χ1) is 13.2. The molecule has 1 aliphatic carbocycles. The number of carbonyl (C=O) groups excluding carboxylic acids is 2. The number of nitrogens with one attached hydrogen (secondary N) is 1. The van der Waals surface area contributed by atoms with Gasteiger partial charge in [0.25, 0.3) is 5.91 Å². The third-order valence-electron chi connectivity index (χ3n) is 5.72. The van der Waals surface area contributed by atoms with Crippen LogP contribution >= 0.6 is 0 Å². The minimum Gasteiger partial charge on any atom is -0.352 e. The van der Waals surface area contributed by atoms with Crippen LogP contribution in [0.25, 0.3) is 0 Å². The van der Waals surface area contributed by atoms with Gasteiger partial charge in [-0.05, 0) is 36.6 Å². The van der Waals surface area contributed by atoms with E-state index in [4.69, 9.17) is 0 Å². The number of rotatable bonds is 3. The van der Waals surface area contributed by atoms with Gasteiger partial charge in [-0.2, -0.15) is 0 Å². The number of amides is 2. The van der Waals surface area contributed by atoms with Crippen molar-refractivity contribution in [1.82, 2.24) is 5.32 Å². The highest BCUT2D eigenvalue weighted by atomic mass is 16.2. The summed E-state index contributed by atoms with van der Waals surface area (Å²) in [5.41, 5.74) is 2.52. The van der Waals surface area contributed by atoms with E-state index in [0.29, 0.717) is 12.0 Å². The predicted octanol–water partition coefficient (Wildman–Crippen LogP) is 4.10. The topological polar surface area (TPSA) is 49.4 Å². The van der Waals surface area contributed by atoms with Gasteiger partial charge in [0.2, 0.25) is 5.91 Å². The summed E-state index contributed by atoms with van der Waals surface area (Å²) >= 11 is 0. The second kappa shape index (κ2) is 7.95. The highest BCUT2D eigenvalue weighted by molar-refractivity contribution is 6.11. The molecule has 1 heterocycles. The Hall–Kier alpha value is -2.62. The fraction of sp³-hybridized carbons (Fsp3) is 0.391. The zero-order valence-corrected chi connectivity index (χ0v) is 15.6. The van der Waals surface area contributed by atoms with Gasteiger partial charge in [-0.25, -0.2) is 0 Å². The Morgan fingerprint density at radius 2 is 1.52 bits per heavy atom. The molecule has 1 N–H and O–H groups in total. The van der Waals surface area contributed by atoms with Crippen LogP contribution in [0.2, 0.25) is 0 Å². The number of hydrogen-bond acceptors (Lipinski definition) is 2. The second-order valence-corrected chi connectivity index (χ2v) is 7.59. The van der Waals surface area contributed by atoms with Crippen molar-refractivity contribution in [2.24, 2.45) is 0 Å². The van der Waals surface area contributed by atoms with E-state index in [1.165, 1.54) is 25.7 Å². The van der Waals surface area contributed by atoms with Crippen molar-refractivity contribution in [3.63, 3.8) is 0 Å². The lowest BCUT2D eigenvalue weighted by Crippen LogP contribution is -2.50. The number of para-hydroxylation sites is 1. The van der Waals surface area contributed by atoms with Crippen molar-refractivity contribution in [1.29, 1.82) is 0 Å². The maximum absolute atomic E-state index is 13.2. The summed E-state index contributed by atoms with van der Waals surface area (Å²) in [5.74, 6) is -0.135. The van der Waals surface area contributed by atoms with Crippen molar-refractivity contribution < 1.29 is 9.59 Å². The minimum atomic E-state index is -0.474. The minimum absolute atomic E-state index is 0.0256. The van der Waals surface area contributed by atoms with Gasteiger partial charge in [-0.3, -0.25) is 14.5 Å². The Bertz CT molecular complexity index is 810. The van der Waals surface area contributed by atoms with E-state index in [2.05, 4.69) is 5.32 Å². The lowest BCUT2D eigenvalue weighted by molar-refractivity contribution is -0.123. The largest absolute Gasteiger partial charge is 0.352 e. The number of hydrogen-bond donors (Lipinski definition) is 1. The Kier molecular flexibility index (Phi) is 5.23. The van der Waals surface area contributed by atoms with Crippen molar-refractivity contribution in [3.8, 4) is 0 Å². The third kappa shape index (κ3) is 3.75. The molecular weight excluding hydrogens is 336 g/mol. The van der Waals surface area contributed by atoms with Crippen molar-refractivity contribution >= 4 is 17.5 Å². The van der Waals surface area contributed by atoms with Crippen LogP contribution in [0.5, 0.6) is 0 Å². The molecule has 4 nitrogen and oxygen atoms in total. The summed E-state index contributed by atoms with van der Waals surface area (Å²) in [6.45, 7) is 0. The van der Waals surface area contributed by atoms with E-state index in [1.807, 2.05) is 54.6 Å².